The fourth-order valence-corrected chi connectivity index (χ4v) is 3.42. The Morgan fingerprint density at radius 1 is 1.26 bits per heavy atom. The summed E-state index contributed by atoms with van der Waals surface area (Å²) in [6, 6.07) is -0.606. The summed E-state index contributed by atoms with van der Waals surface area (Å²) in [4.78, 5) is 25.7. The van der Waals surface area contributed by atoms with Crippen LogP contribution in [0.1, 0.15) is 25.7 Å². The summed E-state index contributed by atoms with van der Waals surface area (Å²) in [6.45, 7) is 0. The van der Waals surface area contributed by atoms with Gasteiger partial charge in [0.2, 0.25) is 10.0 Å². The molecule has 1 aromatic heterocycles. The lowest BCUT2D eigenvalue weighted by molar-refractivity contribution is 0.101. The number of aromatic nitrogens is 2. The van der Waals surface area contributed by atoms with Gasteiger partial charge < -0.3 is 10.1 Å². The molecule has 106 valence electrons. The fraction of sp³-hybridized carbons (Fsp3) is 0.600. The number of aromatic amines is 2. The Labute approximate surface area is 108 Å². The Balaban J connectivity index is 2.27. The molecular formula is C10H15N3O5S. The van der Waals surface area contributed by atoms with E-state index in [1.54, 1.807) is 0 Å². The monoisotopic (exact) mass is 289 g/mol. The molecule has 0 bridgehead atoms. The van der Waals surface area contributed by atoms with Gasteiger partial charge in [-0.25, -0.2) is 17.9 Å². The molecule has 1 aliphatic rings. The number of aliphatic hydroxyl groups is 1. The molecule has 0 aromatic carbocycles. The summed E-state index contributed by atoms with van der Waals surface area (Å²) in [5.41, 5.74) is -1.76. The Morgan fingerprint density at radius 3 is 2.58 bits per heavy atom. The SMILES string of the molecule is O=c1[nH]cc(S(=O)(=O)N[C@@H]2CCCC[C@H]2O)c(=O)[nH]1. The van der Waals surface area contributed by atoms with Crippen molar-refractivity contribution >= 4 is 10.0 Å². The van der Waals surface area contributed by atoms with Gasteiger partial charge in [-0.1, -0.05) is 12.8 Å². The van der Waals surface area contributed by atoms with Crippen molar-refractivity contribution in [3.05, 3.63) is 27.0 Å². The van der Waals surface area contributed by atoms with Crippen LogP contribution in [0.15, 0.2) is 20.7 Å². The molecule has 0 amide bonds. The van der Waals surface area contributed by atoms with E-state index in [0.29, 0.717) is 12.8 Å². The molecule has 1 fully saturated rings. The first-order chi connectivity index (χ1) is 8.90. The third-order valence-corrected chi connectivity index (χ3v) is 4.61. The van der Waals surface area contributed by atoms with E-state index in [2.05, 4.69) is 9.71 Å². The van der Waals surface area contributed by atoms with Crippen molar-refractivity contribution in [2.45, 2.75) is 42.7 Å². The Bertz CT molecular complexity index is 662. The molecule has 1 aromatic rings. The Kier molecular flexibility index (Phi) is 3.88. The minimum atomic E-state index is -4.06. The van der Waals surface area contributed by atoms with E-state index < -0.39 is 38.3 Å². The lowest BCUT2D eigenvalue weighted by Gasteiger charge is -2.27. The van der Waals surface area contributed by atoms with Crippen molar-refractivity contribution in [3.8, 4) is 0 Å². The molecule has 0 unspecified atom stereocenters. The number of sulfonamides is 1. The molecule has 1 saturated carbocycles. The van der Waals surface area contributed by atoms with Crippen molar-refractivity contribution in [1.82, 2.24) is 14.7 Å². The topological polar surface area (TPSA) is 132 Å². The van der Waals surface area contributed by atoms with Crippen molar-refractivity contribution in [1.29, 1.82) is 0 Å². The minimum absolute atomic E-state index is 0.516. The van der Waals surface area contributed by atoms with E-state index in [-0.39, 0.29) is 0 Å². The molecule has 0 aliphatic heterocycles. The third-order valence-electron chi connectivity index (χ3n) is 3.11. The van der Waals surface area contributed by atoms with Crippen molar-refractivity contribution in [2.24, 2.45) is 0 Å². The maximum atomic E-state index is 12.0. The zero-order valence-corrected chi connectivity index (χ0v) is 10.9. The molecule has 4 N–H and O–H groups in total. The summed E-state index contributed by atoms with van der Waals surface area (Å²) in [7, 11) is -4.06. The van der Waals surface area contributed by atoms with E-state index in [1.807, 2.05) is 4.98 Å². The second-order valence-corrected chi connectivity index (χ2v) is 6.20. The van der Waals surface area contributed by atoms with Crippen LogP contribution in [-0.4, -0.2) is 35.6 Å². The Hall–Kier alpha value is -1.45. The van der Waals surface area contributed by atoms with E-state index in [9.17, 15) is 23.1 Å². The van der Waals surface area contributed by atoms with Crippen molar-refractivity contribution < 1.29 is 13.5 Å². The highest BCUT2D eigenvalue weighted by molar-refractivity contribution is 7.89. The lowest BCUT2D eigenvalue weighted by Crippen LogP contribution is -2.46. The van der Waals surface area contributed by atoms with Crippen molar-refractivity contribution in [2.75, 3.05) is 0 Å². The van der Waals surface area contributed by atoms with Gasteiger partial charge in [0, 0.05) is 12.2 Å². The highest BCUT2D eigenvalue weighted by atomic mass is 32.2. The number of aliphatic hydroxyl groups excluding tert-OH is 1. The number of H-pyrrole nitrogens is 2. The third kappa shape index (κ3) is 3.11. The summed E-state index contributed by atoms with van der Waals surface area (Å²) < 4.78 is 26.3. The standard InChI is InChI=1S/C10H15N3O5S/c14-7-4-2-1-3-6(7)13-19(17,18)8-5-11-10(16)12-9(8)15/h5-7,13-14H,1-4H2,(H2,11,12,15,16)/t6-,7-/m1/s1. The second kappa shape index (κ2) is 5.27. The molecule has 0 spiro atoms. The average molecular weight is 289 g/mol. The molecular weight excluding hydrogens is 274 g/mol. The van der Waals surface area contributed by atoms with E-state index in [4.69, 9.17) is 0 Å². The van der Waals surface area contributed by atoms with Gasteiger partial charge in [-0.05, 0) is 12.8 Å². The van der Waals surface area contributed by atoms with Gasteiger partial charge in [-0.2, -0.15) is 0 Å². The van der Waals surface area contributed by atoms with Crippen LogP contribution in [0, 0.1) is 0 Å². The summed E-state index contributed by atoms with van der Waals surface area (Å²) in [5.74, 6) is 0. The van der Waals surface area contributed by atoms with E-state index in [0.717, 1.165) is 19.0 Å². The first-order valence-electron chi connectivity index (χ1n) is 5.92. The van der Waals surface area contributed by atoms with Gasteiger partial charge in [0.05, 0.1) is 6.10 Å². The van der Waals surface area contributed by atoms with E-state index in [1.165, 1.54) is 0 Å². The normalized spacial score (nSPS) is 24.3. The molecule has 2 rings (SSSR count). The smallest absolute Gasteiger partial charge is 0.325 e. The molecule has 19 heavy (non-hydrogen) atoms. The second-order valence-electron chi connectivity index (χ2n) is 4.52. The van der Waals surface area contributed by atoms with Gasteiger partial charge in [-0.3, -0.25) is 9.78 Å². The molecule has 2 atom stereocenters. The zero-order chi connectivity index (χ0) is 14.0. The first-order valence-corrected chi connectivity index (χ1v) is 7.41. The van der Waals surface area contributed by atoms with Gasteiger partial charge in [0.25, 0.3) is 5.56 Å². The van der Waals surface area contributed by atoms with Crippen LogP contribution in [-0.2, 0) is 10.0 Å². The van der Waals surface area contributed by atoms with Gasteiger partial charge in [-0.15, -0.1) is 0 Å². The van der Waals surface area contributed by atoms with Crippen molar-refractivity contribution in [3.63, 3.8) is 0 Å². The highest BCUT2D eigenvalue weighted by Crippen LogP contribution is 2.19. The zero-order valence-electron chi connectivity index (χ0n) is 10.0. The van der Waals surface area contributed by atoms with E-state index >= 15 is 0 Å². The van der Waals surface area contributed by atoms with Gasteiger partial charge in [0.1, 0.15) is 0 Å². The highest BCUT2D eigenvalue weighted by Gasteiger charge is 2.29. The van der Waals surface area contributed by atoms with Crippen LogP contribution in [0.4, 0.5) is 0 Å². The van der Waals surface area contributed by atoms with Gasteiger partial charge >= 0.3 is 5.69 Å². The van der Waals surface area contributed by atoms with Crippen LogP contribution in [0.25, 0.3) is 0 Å². The average Bonchev–Trinajstić information content (AvgIpc) is 2.31. The van der Waals surface area contributed by atoms with Crippen LogP contribution in [0.3, 0.4) is 0 Å². The number of rotatable bonds is 3. The maximum Gasteiger partial charge on any atom is 0.325 e. The largest absolute Gasteiger partial charge is 0.391 e. The number of nitrogens with one attached hydrogen (secondary N) is 3. The minimum Gasteiger partial charge on any atom is -0.391 e. The summed E-state index contributed by atoms with van der Waals surface area (Å²) in [5, 5.41) is 9.72. The number of hydrogen-bond acceptors (Lipinski definition) is 5. The summed E-state index contributed by atoms with van der Waals surface area (Å²) in [6.07, 6.45) is 2.78. The molecule has 8 nitrogen and oxygen atoms in total. The van der Waals surface area contributed by atoms with Crippen LogP contribution >= 0.6 is 0 Å². The lowest BCUT2D eigenvalue weighted by atomic mass is 9.93. The molecule has 0 saturated heterocycles. The predicted molar refractivity (Wildman–Crippen MR) is 66.3 cm³/mol. The van der Waals surface area contributed by atoms with Crippen LogP contribution < -0.4 is 16.0 Å². The summed E-state index contributed by atoms with van der Waals surface area (Å²) >= 11 is 0. The van der Waals surface area contributed by atoms with Crippen LogP contribution in [0.2, 0.25) is 0 Å². The molecule has 0 radical (unpaired) electrons. The first kappa shape index (κ1) is 14.0. The molecule has 9 heteroatoms. The quantitative estimate of drug-likeness (QED) is 0.546. The number of hydrogen-bond donors (Lipinski definition) is 4. The maximum absolute atomic E-state index is 12.0. The Morgan fingerprint density at radius 2 is 1.95 bits per heavy atom. The fourth-order valence-electron chi connectivity index (χ4n) is 2.11. The predicted octanol–water partition coefficient (Wildman–Crippen LogP) is -1.35. The molecule has 1 aliphatic carbocycles. The molecule has 1 heterocycles. The van der Waals surface area contributed by atoms with Gasteiger partial charge in [0.15, 0.2) is 4.90 Å². The van der Waals surface area contributed by atoms with Crippen LogP contribution in [0.5, 0.6) is 0 Å².